The summed E-state index contributed by atoms with van der Waals surface area (Å²) in [6, 6.07) is 9.14. The Bertz CT molecular complexity index is 1190. The number of ether oxygens (including phenoxy) is 1. The van der Waals surface area contributed by atoms with E-state index in [9.17, 15) is 14.4 Å². The monoisotopic (exact) mass is 559 g/mol. The van der Waals surface area contributed by atoms with Crippen LogP contribution in [-0.2, 0) is 14.3 Å². The molecule has 0 radical (unpaired) electrons. The smallest absolute Gasteiger partial charge is 0.408 e. The van der Waals surface area contributed by atoms with Gasteiger partial charge in [0.25, 0.3) is 5.91 Å². The topological polar surface area (TPSA) is 87.7 Å². The van der Waals surface area contributed by atoms with Gasteiger partial charge in [0.2, 0.25) is 5.91 Å². The zero-order chi connectivity index (χ0) is 28.4. The van der Waals surface area contributed by atoms with Crippen LogP contribution in [0.5, 0.6) is 0 Å². The lowest BCUT2D eigenvalue weighted by Gasteiger charge is -2.35. The number of nitrogens with zero attached hydrogens (tertiary/aromatic N) is 1. The first-order valence-corrected chi connectivity index (χ1v) is 13.8. The highest BCUT2D eigenvalue weighted by atomic mass is 35.5. The average Bonchev–Trinajstić information content (AvgIpc) is 3.54. The quantitative estimate of drug-likeness (QED) is 0.346. The van der Waals surface area contributed by atoms with Gasteiger partial charge in [-0.3, -0.25) is 9.59 Å². The van der Waals surface area contributed by atoms with E-state index in [1.165, 1.54) is 0 Å². The van der Waals surface area contributed by atoms with Crippen molar-refractivity contribution in [2.45, 2.75) is 78.6 Å². The van der Waals surface area contributed by atoms with Crippen LogP contribution in [-0.4, -0.2) is 46.2 Å². The number of hydrogen-bond acceptors (Lipinski definition) is 5. The average molecular weight is 560 g/mol. The summed E-state index contributed by atoms with van der Waals surface area (Å²) in [4.78, 5) is 42.4. The Labute approximate surface area is 236 Å². The summed E-state index contributed by atoms with van der Waals surface area (Å²) in [5.41, 5.74) is 3.14. The second-order valence-corrected chi connectivity index (χ2v) is 11.9. The van der Waals surface area contributed by atoms with Crippen LogP contribution < -0.4 is 10.6 Å². The van der Waals surface area contributed by atoms with Gasteiger partial charge in [-0.2, -0.15) is 12.6 Å². The zero-order valence-electron chi connectivity index (χ0n) is 23.1. The summed E-state index contributed by atoms with van der Waals surface area (Å²) in [5.74, 6) is -0.529. The molecule has 1 aliphatic rings. The van der Waals surface area contributed by atoms with Crippen LogP contribution in [0.25, 0.3) is 0 Å². The number of benzene rings is 2. The van der Waals surface area contributed by atoms with Gasteiger partial charge in [0.1, 0.15) is 17.7 Å². The van der Waals surface area contributed by atoms with Gasteiger partial charge in [-0.15, -0.1) is 0 Å². The molecule has 0 heterocycles. The molecule has 0 aliphatic heterocycles. The third-order valence-corrected chi connectivity index (χ3v) is 7.26. The molecule has 9 heteroatoms. The number of thiol groups is 1. The number of amides is 3. The first kappa shape index (κ1) is 29.8. The number of carbonyl (C=O) groups excluding carboxylic acids is 3. The minimum atomic E-state index is -0.983. The third-order valence-electron chi connectivity index (χ3n) is 6.58. The molecule has 3 amide bonds. The standard InChI is InChI=1S/C29H38ClN3O4S/c1-16-11-12-17(2)20(13-16)25(26(34)32-24-18(3)9-8-10-21(24)30)33(23-14-19(23)4)27(35)22(15-38)31-28(36)37-29(5,6)7/h8-13,19,22-23,25,38H,14-15H2,1-7H3,(H,31,36)(H,32,34). The van der Waals surface area contributed by atoms with Gasteiger partial charge in [0, 0.05) is 11.8 Å². The van der Waals surface area contributed by atoms with E-state index in [-0.39, 0.29) is 23.6 Å². The predicted molar refractivity (Wildman–Crippen MR) is 155 cm³/mol. The van der Waals surface area contributed by atoms with Crippen LogP contribution in [0.4, 0.5) is 10.5 Å². The molecular weight excluding hydrogens is 522 g/mol. The molecule has 1 saturated carbocycles. The van der Waals surface area contributed by atoms with Crippen molar-refractivity contribution >= 4 is 47.8 Å². The van der Waals surface area contributed by atoms with Crippen LogP contribution in [0.1, 0.15) is 62.4 Å². The van der Waals surface area contributed by atoms with Crippen molar-refractivity contribution in [3.63, 3.8) is 0 Å². The Balaban J connectivity index is 2.06. The lowest BCUT2D eigenvalue weighted by atomic mass is 9.95. The van der Waals surface area contributed by atoms with Crippen molar-refractivity contribution in [3.8, 4) is 0 Å². The molecule has 0 spiro atoms. The highest BCUT2D eigenvalue weighted by molar-refractivity contribution is 7.80. The number of anilines is 1. The first-order chi connectivity index (χ1) is 17.7. The first-order valence-electron chi connectivity index (χ1n) is 12.8. The zero-order valence-corrected chi connectivity index (χ0v) is 24.7. The van der Waals surface area contributed by atoms with Crippen LogP contribution in [0, 0.1) is 26.7 Å². The van der Waals surface area contributed by atoms with Gasteiger partial charge >= 0.3 is 6.09 Å². The van der Waals surface area contributed by atoms with Gasteiger partial charge in [-0.1, -0.05) is 54.4 Å². The molecule has 0 bridgehead atoms. The number of para-hydroxylation sites is 1. The summed E-state index contributed by atoms with van der Waals surface area (Å²) in [6.45, 7) is 13.0. The van der Waals surface area contributed by atoms with Crippen LogP contribution in [0.3, 0.4) is 0 Å². The Hall–Kier alpha value is -2.71. The van der Waals surface area contributed by atoms with Gasteiger partial charge in [0.05, 0.1) is 10.7 Å². The number of alkyl carbamates (subject to hydrolysis) is 1. The van der Waals surface area contributed by atoms with E-state index < -0.39 is 29.7 Å². The maximum absolute atomic E-state index is 14.1. The molecule has 206 valence electrons. The highest BCUT2D eigenvalue weighted by Gasteiger charge is 2.48. The summed E-state index contributed by atoms with van der Waals surface area (Å²) in [7, 11) is 0. The Morgan fingerprint density at radius 2 is 1.79 bits per heavy atom. The third kappa shape index (κ3) is 7.23. The van der Waals surface area contributed by atoms with Gasteiger partial charge in [0.15, 0.2) is 0 Å². The molecule has 2 aromatic rings. The molecular formula is C29H38ClN3O4S. The van der Waals surface area contributed by atoms with Crippen LogP contribution >= 0.6 is 24.2 Å². The summed E-state index contributed by atoms with van der Waals surface area (Å²) in [6.07, 6.45) is 0.0326. The number of rotatable bonds is 8. The molecule has 2 N–H and O–H groups in total. The van der Waals surface area contributed by atoms with Crippen LogP contribution in [0.15, 0.2) is 36.4 Å². The van der Waals surface area contributed by atoms with Crippen molar-refractivity contribution in [2.75, 3.05) is 11.1 Å². The van der Waals surface area contributed by atoms with Gasteiger partial charge in [-0.25, -0.2) is 4.79 Å². The molecule has 7 nitrogen and oxygen atoms in total. The van der Waals surface area contributed by atoms with Crippen molar-refractivity contribution in [3.05, 3.63) is 63.7 Å². The normalized spacial score (nSPS) is 18.2. The van der Waals surface area contributed by atoms with E-state index in [0.717, 1.165) is 28.7 Å². The molecule has 2 aromatic carbocycles. The SMILES string of the molecule is Cc1ccc(C)c(C(C(=O)Nc2c(C)cccc2Cl)N(C(=O)C(CS)NC(=O)OC(C)(C)C)C2CC2C)c1. The number of halogens is 1. The molecule has 1 aliphatic carbocycles. The number of aryl methyl sites for hydroxylation is 3. The Kier molecular flexibility index (Phi) is 9.42. The van der Waals surface area contributed by atoms with E-state index in [1.54, 1.807) is 31.7 Å². The fraction of sp³-hybridized carbons (Fsp3) is 0.483. The fourth-order valence-corrected chi connectivity index (χ4v) is 4.96. The summed E-state index contributed by atoms with van der Waals surface area (Å²) < 4.78 is 5.38. The minimum Gasteiger partial charge on any atom is -0.444 e. The largest absolute Gasteiger partial charge is 0.444 e. The lowest BCUT2D eigenvalue weighted by molar-refractivity contribution is -0.141. The number of hydrogen-bond donors (Lipinski definition) is 3. The molecule has 38 heavy (non-hydrogen) atoms. The van der Waals surface area contributed by atoms with Crippen molar-refractivity contribution in [1.29, 1.82) is 0 Å². The second kappa shape index (κ2) is 12.0. The molecule has 4 unspecified atom stereocenters. The molecule has 4 atom stereocenters. The molecule has 0 aromatic heterocycles. The van der Waals surface area contributed by atoms with Crippen molar-refractivity contribution < 1.29 is 19.1 Å². The van der Waals surface area contributed by atoms with Crippen molar-refractivity contribution in [2.24, 2.45) is 5.92 Å². The van der Waals surface area contributed by atoms with Gasteiger partial charge < -0.3 is 20.3 Å². The summed E-state index contributed by atoms with van der Waals surface area (Å²) >= 11 is 10.8. The van der Waals surface area contributed by atoms with E-state index >= 15 is 0 Å². The number of carbonyl (C=O) groups is 3. The maximum atomic E-state index is 14.1. The fourth-order valence-electron chi connectivity index (χ4n) is 4.44. The highest BCUT2D eigenvalue weighted by Crippen LogP contribution is 2.42. The maximum Gasteiger partial charge on any atom is 0.408 e. The predicted octanol–water partition coefficient (Wildman–Crippen LogP) is 6.01. The molecule has 3 rings (SSSR count). The van der Waals surface area contributed by atoms with Gasteiger partial charge in [-0.05, 0) is 76.6 Å². The molecule has 0 saturated heterocycles. The number of nitrogens with one attached hydrogen (secondary N) is 2. The summed E-state index contributed by atoms with van der Waals surface area (Å²) in [5, 5.41) is 6.06. The Morgan fingerprint density at radius 3 is 2.34 bits per heavy atom. The van der Waals surface area contributed by atoms with E-state index in [0.29, 0.717) is 10.7 Å². The van der Waals surface area contributed by atoms with E-state index in [2.05, 4.69) is 23.3 Å². The van der Waals surface area contributed by atoms with E-state index in [1.807, 2.05) is 58.0 Å². The lowest BCUT2D eigenvalue weighted by Crippen LogP contribution is -2.54. The second-order valence-electron chi connectivity index (χ2n) is 11.1. The molecule has 1 fully saturated rings. The minimum absolute atomic E-state index is 0.0421. The van der Waals surface area contributed by atoms with Crippen molar-refractivity contribution in [1.82, 2.24) is 10.2 Å². The Morgan fingerprint density at radius 1 is 1.13 bits per heavy atom. The van der Waals surface area contributed by atoms with Crippen LogP contribution in [0.2, 0.25) is 5.02 Å². The van der Waals surface area contributed by atoms with E-state index in [4.69, 9.17) is 16.3 Å².